The van der Waals surface area contributed by atoms with Gasteiger partial charge in [-0.15, -0.1) is 0 Å². The monoisotopic (exact) mass is 285 g/mol. The van der Waals surface area contributed by atoms with E-state index < -0.39 is 0 Å². The summed E-state index contributed by atoms with van der Waals surface area (Å²) >= 11 is 0. The summed E-state index contributed by atoms with van der Waals surface area (Å²) in [5, 5.41) is 0. The van der Waals surface area contributed by atoms with Crippen LogP contribution in [0.5, 0.6) is 0 Å². The predicted molar refractivity (Wildman–Crippen MR) is 80.9 cm³/mol. The van der Waals surface area contributed by atoms with Gasteiger partial charge in [-0.25, -0.2) is 4.98 Å². The molecule has 1 aromatic heterocycles. The van der Waals surface area contributed by atoms with Crippen molar-refractivity contribution < 1.29 is 9.53 Å². The van der Waals surface area contributed by atoms with Gasteiger partial charge in [0, 0.05) is 37.1 Å². The molecule has 1 fully saturated rings. The molecule has 0 spiro atoms. The highest BCUT2D eigenvalue weighted by Gasteiger charge is 2.22. The quantitative estimate of drug-likeness (QED) is 0.694. The van der Waals surface area contributed by atoms with Crippen molar-refractivity contribution >= 4 is 12.0 Å². The van der Waals surface area contributed by atoms with Gasteiger partial charge in [-0.1, -0.05) is 0 Å². The Balaban J connectivity index is 2.03. The van der Waals surface area contributed by atoms with Crippen molar-refractivity contribution in [3.63, 3.8) is 0 Å². The third kappa shape index (κ3) is 2.45. The lowest BCUT2D eigenvalue weighted by molar-refractivity contribution is 0.0833. The number of hydrogen-bond donors (Lipinski definition) is 1. The van der Waals surface area contributed by atoms with Crippen molar-refractivity contribution in [1.29, 1.82) is 0 Å². The number of nitrogens with zero attached hydrogens (tertiary/aromatic N) is 2. The van der Waals surface area contributed by atoms with Gasteiger partial charge in [-0.2, -0.15) is 0 Å². The number of hydrogen-bond acceptors (Lipinski definition) is 4. The number of nitrogens with two attached hydrogens (primary N) is 1. The lowest BCUT2D eigenvalue weighted by atomic mass is 9.99. The van der Waals surface area contributed by atoms with Gasteiger partial charge in [0.2, 0.25) is 0 Å². The normalized spacial score (nSPS) is 16.0. The fraction of sp³-hybridized carbons (Fsp3) is 0.375. The van der Waals surface area contributed by atoms with Crippen LogP contribution < -0.4 is 5.73 Å². The zero-order chi connectivity index (χ0) is 14.8. The smallest absolute Gasteiger partial charge is 0.150 e. The first-order valence-corrected chi connectivity index (χ1v) is 7.18. The Bertz CT molecular complexity index is 658. The summed E-state index contributed by atoms with van der Waals surface area (Å²) in [6.45, 7) is 3.42. The molecule has 3 rings (SSSR count). The van der Waals surface area contributed by atoms with Crippen LogP contribution in [0.15, 0.2) is 24.5 Å². The van der Waals surface area contributed by atoms with Gasteiger partial charge < -0.3 is 15.0 Å². The molecule has 0 radical (unpaired) electrons. The van der Waals surface area contributed by atoms with Gasteiger partial charge in [0.1, 0.15) is 12.1 Å². The zero-order valence-electron chi connectivity index (χ0n) is 12.1. The summed E-state index contributed by atoms with van der Waals surface area (Å²) in [6, 6.07) is 3.69. The summed E-state index contributed by atoms with van der Waals surface area (Å²) in [4.78, 5) is 15.5. The van der Waals surface area contributed by atoms with Crippen LogP contribution in [0.3, 0.4) is 0 Å². The molecule has 21 heavy (non-hydrogen) atoms. The zero-order valence-corrected chi connectivity index (χ0v) is 12.1. The lowest BCUT2D eigenvalue weighted by Gasteiger charge is -2.23. The summed E-state index contributed by atoms with van der Waals surface area (Å²) in [5.74, 6) is 1.41. The molecule has 2 N–H and O–H groups in total. The topological polar surface area (TPSA) is 70.1 Å². The van der Waals surface area contributed by atoms with Gasteiger partial charge in [0.25, 0.3) is 0 Å². The number of ether oxygens (including phenoxy) is 1. The third-order valence-corrected chi connectivity index (χ3v) is 4.18. The summed E-state index contributed by atoms with van der Waals surface area (Å²) < 4.78 is 7.45. The standard InChI is InChI=1S/C16H19N3O2/c1-11-13(10-20)2-3-14(15(11)17)19-7-6-18-16(19)12-4-8-21-9-5-12/h2-3,6-7,10,12H,4-5,8-9,17H2,1H3. The van der Waals surface area contributed by atoms with Crippen LogP contribution in [0.2, 0.25) is 0 Å². The number of benzene rings is 1. The third-order valence-electron chi connectivity index (χ3n) is 4.18. The van der Waals surface area contributed by atoms with Crippen LogP contribution in [0.4, 0.5) is 5.69 Å². The number of nitrogen functional groups attached to an aromatic ring is 1. The predicted octanol–water partition coefficient (Wildman–Crippen LogP) is 2.47. The van der Waals surface area contributed by atoms with E-state index in [1.165, 1.54) is 0 Å². The Kier molecular flexibility index (Phi) is 3.75. The van der Waals surface area contributed by atoms with Gasteiger partial charge >= 0.3 is 0 Å². The van der Waals surface area contributed by atoms with Crippen LogP contribution in [0.1, 0.15) is 40.5 Å². The van der Waals surface area contributed by atoms with Gasteiger partial charge in [-0.3, -0.25) is 4.79 Å². The van der Waals surface area contributed by atoms with E-state index in [2.05, 4.69) is 4.98 Å². The van der Waals surface area contributed by atoms with Gasteiger partial charge in [0.15, 0.2) is 0 Å². The molecule has 110 valence electrons. The average molecular weight is 285 g/mol. The summed E-state index contributed by atoms with van der Waals surface area (Å²) in [7, 11) is 0. The highest BCUT2D eigenvalue weighted by atomic mass is 16.5. The maximum atomic E-state index is 11.0. The Hall–Kier alpha value is -2.14. The van der Waals surface area contributed by atoms with Crippen molar-refractivity contribution in [3.05, 3.63) is 41.5 Å². The molecule has 0 bridgehead atoms. The van der Waals surface area contributed by atoms with E-state index in [1.807, 2.05) is 29.8 Å². The number of carbonyl (C=O) groups is 1. The van der Waals surface area contributed by atoms with Crippen molar-refractivity contribution in [2.75, 3.05) is 18.9 Å². The molecular weight excluding hydrogens is 266 g/mol. The molecule has 5 heteroatoms. The molecule has 1 saturated heterocycles. The van der Waals surface area contributed by atoms with E-state index in [9.17, 15) is 4.79 Å². The van der Waals surface area contributed by atoms with E-state index >= 15 is 0 Å². The molecule has 5 nitrogen and oxygen atoms in total. The second-order valence-corrected chi connectivity index (χ2v) is 5.37. The second-order valence-electron chi connectivity index (χ2n) is 5.37. The molecule has 0 aliphatic carbocycles. The molecule has 2 heterocycles. The van der Waals surface area contributed by atoms with Crippen molar-refractivity contribution in [2.24, 2.45) is 0 Å². The van der Waals surface area contributed by atoms with Gasteiger partial charge in [-0.05, 0) is 37.5 Å². The molecule has 1 aliphatic rings. The minimum absolute atomic E-state index is 0.388. The summed E-state index contributed by atoms with van der Waals surface area (Å²) in [5.41, 5.74) is 9.18. The minimum atomic E-state index is 0.388. The van der Waals surface area contributed by atoms with Crippen molar-refractivity contribution in [3.8, 4) is 5.69 Å². The number of aldehydes is 1. The van der Waals surface area contributed by atoms with E-state index in [1.54, 1.807) is 6.20 Å². The lowest BCUT2D eigenvalue weighted by Crippen LogP contribution is -2.18. The first-order chi connectivity index (χ1) is 10.2. The first kappa shape index (κ1) is 13.8. The highest BCUT2D eigenvalue weighted by Crippen LogP contribution is 2.30. The highest BCUT2D eigenvalue weighted by molar-refractivity contribution is 5.82. The second kappa shape index (κ2) is 5.69. The molecular formula is C16H19N3O2. The molecule has 1 aromatic carbocycles. The van der Waals surface area contributed by atoms with E-state index in [0.29, 0.717) is 17.2 Å². The Labute approximate surface area is 123 Å². The van der Waals surface area contributed by atoms with Crippen LogP contribution in [0, 0.1) is 6.92 Å². The largest absolute Gasteiger partial charge is 0.397 e. The van der Waals surface area contributed by atoms with Crippen molar-refractivity contribution in [2.45, 2.75) is 25.7 Å². The van der Waals surface area contributed by atoms with E-state index in [4.69, 9.17) is 10.5 Å². The Morgan fingerprint density at radius 1 is 1.38 bits per heavy atom. The van der Waals surface area contributed by atoms with E-state index in [-0.39, 0.29) is 0 Å². The number of imidazole rings is 1. The SMILES string of the molecule is Cc1c(C=O)ccc(-n2ccnc2C2CCOCC2)c1N. The summed E-state index contributed by atoms with van der Waals surface area (Å²) in [6.07, 6.45) is 6.51. The maximum Gasteiger partial charge on any atom is 0.150 e. The molecule has 0 atom stereocenters. The first-order valence-electron chi connectivity index (χ1n) is 7.18. The molecule has 0 amide bonds. The van der Waals surface area contributed by atoms with Crippen LogP contribution in [-0.4, -0.2) is 29.1 Å². The minimum Gasteiger partial charge on any atom is -0.397 e. The number of anilines is 1. The molecule has 0 unspecified atom stereocenters. The van der Waals surface area contributed by atoms with Gasteiger partial charge in [0.05, 0.1) is 11.4 Å². The van der Waals surface area contributed by atoms with Crippen LogP contribution in [-0.2, 0) is 4.74 Å². The van der Waals surface area contributed by atoms with Crippen LogP contribution in [0.25, 0.3) is 5.69 Å². The fourth-order valence-electron chi connectivity index (χ4n) is 2.85. The Morgan fingerprint density at radius 3 is 2.86 bits per heavy atom. The van der Waals surface area contributed by atoms with E-state index in [0.717, 1.165) is 49.4 Å². The fourth-order valence-corrected chi connectivity index (χ4v) is 2.85. The molecule has 1 aliphatic heterocycles. The molecule has 2 aromatic rings. The number of aromatic nitrogens is 2. The Morgan fingerprint density at radius 2 is 2.14 bits per heavy atom. The number of rotatable bonds is 3. The molecule has 0 saturated carbocycles. The average Bonchev–Trinajstić information content (AvgIpc) is 3.00. The van der Waals surface area contributed by atoms with Crippen LogP contribution >= 0.6 is 0 Å². The maximum absolute atomic E-state index is 11.0. The van der Waals surface area contributed by atoms with Crippen molar-refractivity contribution in [1.82, 2.24) is 9.55 Å². The number of carbonyl (C=O) groups excluding carboxylic acids is 1.